The molecular weight excluding hydrogens is 208 g/mol. The second-order valence-corrected chi connectivity index (χ2v) is 3.87. The molecule has 2 rings (SSSR count). The maximum atomic E-state index is 11.6. The Balaban J connectivity index is 2.09. The molecule has 3 nitrogen and oxygen atoms in total. The van der Waals surface area contributed by atoms with Crippen LogP contribution in [0.25, 0.3) is 0 Å². The van der Waals surface area contributed by atoms with Crippen LogP contribution in [0.1, 0.15) is 10.4 Å². The monoisotopic (exact) mass is 218 g/mol. The van der Waals surface area contributed by atoms with Gasteiger partial charge in [-0.3, -0.25) is 4.79 Å². The first-order valence-corrected chi connectivity index (χ1v) is 5.39. The summed E-state index contributed by atoms with van der Waals surface area (Å²) in [7, 11) is 0. The molecule has 1 aromatic heterocycles. The van der Waals surface area contributed by atoms with Gasteiger partial charge in [0.1, 0.15) is 0 Å². The lowest BCUT2D eigenvalue weighted by Gasteiger charge is -2.03. The van der Waals surface area contributed by atoms with Crippen LogP contribution in [0, 0.1) is 0 Å². The Bertz CT molecular complexity index is 448. The average molecular weight is 218 g/mol. The Labute approximate surface area is 91.5 Å². The third-order valence-corrected chi connectivity index (χ3v) is 2.64. The normalized spacial score (nSPS) is 9.87. The van der Waals surface area contributed by atoms with Crippen molar-refractivity contribution >= 4 is 28.6 Å². The quantitative estimate of drug-likeness (QED) is 0.761. The zero-order chi connectivity index (χ0) is 10.7. The molecule has 0 radical (unpaired) electrons. The Hall–Kier alpha value is -1.81. The number of carbonyl (C=O) groups excluding carboxylic acids is 1. The highest BCUT2D eigenvalue weighted by Gasteiger charge is 2.05. The Morgan fingerprint density at radius 3 is 2.53 bits per heavy atom. The molecule has 0 saturated carbocycles. The molecular formula is C11H10N2OS. The molecule has 1 heterocycles. The zero-order valence-corrected chi connectivity index (χ0v) is 8.75. The van der Waals surface area contributed by atoms with Crippen molar-refractivity contribution in [3.05, 3.63) is 46.7 Å². The van der Waals surface area contributed by atoms with Crippen LogP contribution < -0.4 is 11.1 Å². The second kappa shape index (κ2) is 4.14. The molecule has 0 aliphatic heterocycles. The maximum absolute atomic E-state index is 11.6. The highest BCUT2D eigenvalue weighted by Crippen LogP contribution is 2.13. The summed E-state index contributed by atoms with van der Waals surface area (Å²) in [5, 5.41) is 6.47. The maximum Gasteiger partial charge on any atom is 0.256 e. The van der Waals surface area contributed by atoms with Gasteiger partial charge in [0, 0.05) is 16.8 Å². The molecule has 15 heavy (non-hydrogen) atoms. The first-order valence-electron chi connectivity index (χ1n) is 4.45. The van der Waals surface area contributed by atoms with Crippen molar-refractivity contribution in [1.82, 2.24) is 0 Å². The molecule has 1 aromatic carbocycles. The minimum Gasteiger partial charge on any atom is -0.399 e. The van der Waals surface area contributed by atoms with Gasteiger partial charge in [0.15, 0.2) is 0 Å². The van der Waals surface area contributed by atoms with E-state index in [1.165, 1.54) is 11.3 Å². The van der Waals surface area contributed by atoms with Crippen LogP contribution >= 0.6 is 11.3 Å². The number of rotatable bonds is 2. The number of hydrogen-bond donors (Lipinski definition) is 2. The SMILES string of the molecule is Nc1ccc(NC(=O)c2ccsc2)cc1. The summed E-state index contributed by atoms with van der Waals surface area (Å²) in [6, 6.07) is 8.85. The Kier molecular flexibility index (Phi) is 2.69. The summed E-state index contributed by atoms with van der Waals surface area (Å²) in [6.07, 6.45) is 0. The Morgan fingerprint density at radius 2 is 1.93 bits per heavy atom. The first-order chi connectivity index (χ1) is 7.25. The van der Waals surface area contributed by atoms with E-state index in [-0.39, 0.29) is 5.91 Å². The number of nitrogens with two attached hydrogens (primary N) is 1. The number of nitrogens with one attached hydrogen (secondary N) is 1. The molecule has 76 valence electrons. The van der Waals surface area contributed by atoms with Gasteiger partial charge in [0.05, 0.1) is 5.56 Å². The largest absolute Gasteiger partial charge is 0.399 e. The Morgan fingerprint density at radius 1 is 1.20 bits per heavy atom. The molecule has 0 unspecified atom stereocenters. The highest BCUT2D eigenvalue weighted by molar-refractivity contribution is 7.08. The highest BCUT2D eigenvalue weighted by atomic mass is 32.1. The smallest absolute Gasteiger partial charge is 0.256 e. The average Bonchev–Trinajstić information content (AvgIpc) is 2.74. The summed E-state index contributed by atoms with van der Waals surface area (Å²) >= 11 is 1.50. The van der Waals surface area contributed by atoms with E-state index in [0.717, 1.165) is 5.69 Å². The summed E-state index contributed by atoms with van der Waals surface area (Å²) < 4.78 is 0. The molecule has 0 saturated heterocycles. The van der Waals surface area contributed by atoms with E-state index in [1.807, 2.05) is 10.8 Å². The summed E-state index contributed by atoms with van der Waals surface area (Å²) in [5.74, 6) is -0.0963. The number of amides is 1. The molecule has 3 N–H and O–H groups in total. The molecule has 2 aromatic rings. The lowest BCUT2D eigenvalue weighted by molar-refractivity contribution is 0.102. The van der Waals surface area contributed by atoms with Gasteiger partial charge in [-0.25, -0.2) is 0 Å². The third kappa shape index (κ3) is 2.35. The van der Waals surface area contributed by atoms with Crippen LogP contribution in [0.3, 0.4) is 0 Å². The minimum absolute atomic E-state index is 0.0963. The van der Waals surface area contributed by atoms with Crippen molar-refractivity contribution in [1.29, 1.82) is 0 Å². The molecule has 4 heteroatoms. The number of carbonyl (C=O) groups is 1. The molecule has 0 aliphatic rings. The van der Waals surface area contributed by atoms with Gasteiger partial charge < -0.3 is 11.1 Å². The topological polar surface area (TPSA) is 55.1 Å². The van der Waals surface area contributed by atoms with Crippen LogP contribution in [0.5, 0.6) is 0 Å². The van der Waals surface area contributed by atoms with Gasteiger partial charge in [-0.15, -0.1) is 0 Å². The van der Waals surface area contributed by atoms with Gasteiger partial charge >= 0.3 is 0 Å². The van der Waals surface area contributed by atoms with Gasteiger partial charge in [-0.05, 0) is 35.7 Å². The van der Waals surface area contributed by atoms with E-state index in [0.29, 0.717) is 11.3 Å². The van der Waals surface area contributed by atoms with Crippen LogP contribution in [-0.2, 0) is 0 Å². The summed E-state index contributed by atoms with van der Waals surface area (Å²) in [4.78, 5) is 11.6. The van der Waals surface area contributed by atoms with E-state index in [9.17, 15) is 4.79 Å². The number of nitrogen functional groups attached to an aromatic ring is 1. The number of thiophene rings is 1. The predicted octanol–water partition coefficient (Wildman–Crippen LogP) is 2.58. The van der Waals surface area contributed by atoms with Crippen LogP contribution in [0.2, 0.25) is 0 Å². The molecule has 0 atom stereocenters. The van der Waals surface area contributed by atoms with Crippen molar-refractivity contribution in [2.75, 3.05) is 11.1 Å². The van der Waals surface area contributed by atoms with E-state index in [2.05, 4.69) is 5.32 Å². The fourth-order valence-corrected chi connectivity index (χ4v) is 1.80. The van der Waals surface area contributed by atoms with Gasteiger partial charge in [-0.2, -0.15) is 11.3 Å². The second-order valence-electron chi connectivity index (χ2n) is 3.09. The first kappa shape index (κ1) is 9.73. The molecule has 0 aliphatic carbocycles. The fraction of sp³-hybridized carbons (Fsp3) is 0. The lowest BCUT2D eigenvalue weighted by atomic mass is 10.2. The molecule has 0 bridgehead atoms. The van der Waals surface area contributed by atoms with Crippen LogP contribution in [-0.4, -0.2) is 5.91 Å². The van der Waals surface area contributed by atoms with Gasteiger partial charge in [-0.1, -0.05) is 0 Å². The lowest BCUT2D eigenvalue weighted by Crippen LogP contribution is -2.10. The van der Waals surface area contributed by atoms with Gasteiger partial charge in [0.25, 0.3) is 5.91 Å². The van der Waals surface area contributed by atoms with Gasteiger partial charge in [0.2, 0.25) is 0 Å². The van der Waals surface area contributed by atoms with Crippen LogP contribution in [0.15, 0.2) is 41.1 Å². The summed E-state index contributed by atoms with van der Waals surface area (Å²) in [5.41, 5.74) is 7.65. The molecule has 1 amide bonds. The number of anilines is 2. The van der Waals surface area contributed by atoms with E-state index in [4.69, 9.17) is 5.73 Å². The van der Waals surface area contributed by atoms with Crippen LogP contribution in [0.4, 0.5) is 11.4 Å². The minimum atomic E-state index is -0.0963. The standard InChI is InChI=1S/C11H10N2OS/c12-9-1-3-10(4-2-9)13-11(14)8-5-6-15-7-8/h1-7H,12H2,(H,13,14). The molecule has 0 spiro atoms. The number of hydrogen-bond acceptors (Lipinski definition) is 3. The van der Waals surface area contributed by atoms with Crippen molar-refractivity contribution in [2.24, 2.45) is 0 Å². The molecule has 0 fully saturated rings. The third-order valence-electron chi connectivity index (χ3n) is 1.95. The van der Waals surface area contributed by atoms with E-state index >= 15 is 0 Å². The van der Waals surface area contributed by atoms with E-state index in [1.54, 1.807) is 30.3 Å². The summed E-state index contributed by atoms with van der Waals surface area (Å²) in [6.45, 7) is 0. The number of benzene rings is 1. The van der Waals surface area contributed by atoms with Crippen molar-refractivity contribution in [3.8, 4) is 0 Å². The van der Waals surface area contributed by atoms with E-state index < -0.39 is 0 Å². The van der Waals surface area contributed by atoms with Crippen molar-refractivity contribution in [2.45, 2.75) is 0 Å². The predicted molar refractivity (Wildman–Crippen MR) is 63.1 cm³/mol. The zero-order valence-electron chi connectivity index (χ0n) is 7.94. The van der Waals surface area contributed by atoms with Crippen molar-refractivity contribution < 1.29 is 4.79 Å². The fourth-order valence-electron chi connectivity index (χ4n) is 1.16. The van der Waals surface area contributed by atoms with Crippen molar-refractivity contribution in [3.63, 3.8) is 0 Å².